The van der Waals surface area contributed by atoms with Gasteiger partial charge in [0.05, 0.1) is 19.3 Å². The molecule has 0 aromatic heterocycles. The molecular formula is C13H24N2O2. The number of hydrogen-bond acceptors (Lipinski definition) is 3. The number of nitrogens with zero attached hydrogens (tertiary/aromatic N) is 1. The monoisotopic (exact) mass is 240 g/mol. The van der Waals surface area contributed by atoms with Crippen molar-refractivity contribution in [2.45, 2.75) is 38.6 Å². The number of carbonyl (C=O) groups is 1. The summed E-state index contributed by atoms with van der Waals surface area (Å²) < 4.78 is 5.38. The molecule has 2 aliphatic rings. The fourth-order valence-electron chi connectivity index (χ4n) is 3.08. The molecule has 0 spiro atoms. The molecule has 1 saturated heterocycles. The number of nitrogens with two attached hydrogens (primary N) is 1. The second-order valence-electron chi connectivity index (χ2n) is 5.34. The molecule has 0 bridgehead atoms. The van der Waals surface area contributed by atoms with Crippen LogP contribution in [0.1, 0.15) is 32.6 Å². The van der Waals surface area contributed by atoms with E-state index in [1.165, 1.54) is 12.8 Å². The van der Waals surface area contributed by atoms with Gasteiger partial charge in [-0.05, 0) is 32.2 Å². The molecule has 2 fully saturated rings. The highest BCUT2D eigenvalue weighted by Crippen LogP contribution is 2.31. The van der Waals surface area contributed by atoms with Gasteiger partial charge in [-0.1, -0.05) is 12.8 Å². The zero-order valence-electron chi connectivity index (χ0n) is 10.7. The van der Waals surface area contributed by atoms with Crippen LogP contribution in [0.3, 0.4) is 0 Å². The lowest BCUT2D eigenvalue weighted by molar-refractivity contribution is -0.146. The average Bonchev–Trinajstić information content (AvgIpc) is 2.38. The second kappa shape index (κ2) is 5.83. The first-order valence-electron chi connectivity index (χ1n) is 6.82. The zero-order chi connectivity index (χ0) is 12.3. The van der Waals surface area contributed by atoms with Gasteiger partial charge in [0.25, 0.3) is 0 Å². The molecule has 1 aliphatic carbocycles. The molecule has 1 aliphatic heterocycles. The topological polar surface area (TPSA) is 55.6 Å². The van der Waals surface area contributed by atoms with E-state index in [4.69, 9.17) is 10.5 Å². The number of morpholine rings is 1. The first kappa shape index (κ1) is 12.8. The highest BCUT2D eigenvalue weighted by atomic mass is 16.5. The third kappa shape index (κ3) is 2.80. The van der Waals surface area contributed by atoms with Crippen LogP contribution >= 0.6 is 0 Å². The summed E-state index contributed by atoms with van der Waals surface area (Å²) in [6, 6.07) is 0.219. The zero-order valence-corrected chi connectivity index (χ0v) is 10.7. The highest BCUT2D eigenvalue weighted by molar-refractivity contribution is 5.79. The summed E-state index contributed by atoms with van der Waals surface area (Å²) in [5.41, 5.74) is 5.80. The molecule has 4 heteroatoms. The quantitative estimate of drug-likeness (QED) is 0.783. The molecule has 1 heterocycles. The fourth-order valence-corrected chi connectivity index (χ4v) is 3.08. The van der Waals surface area contributed by atoms with Gasteiger partial charge in [-0.3, -0.25) is 4.79 Å². The van der Waals surface area contributed by atoms with Crippen LogP contribution < -0.4 is 5.73 Å². The maximum absolute atomic E-state index is 12.5. The van der Waals surface area contributed by atoms with E-state index in [0.29, 0.717) is 31.6 Å². The molecule has 0 aromatic carbocycles. The Kier molecular flexibility index (Phi) is 4.40. The van der Waals surface area contributed by atoms with Gasteiger partial charge in [-0.25, -0.2) is 0 Å². The van der Waals surface area contributed by atoms with E-state index in [-0.39, 0.29) is 12.0 Å². The number of rotatable bonds is 2. The molecule has 3 atom stereocenters. The lowest BCUT2D eigenvalue weighted by atomic mass is 9.78. The van der Waals surface area contributed by atoms with E-state index in [0.717, 1.165) is 19.4 Å². The summed E-state index contributed by atoms with van der Waals surface area (Å²) in [7, 11) is 0. The lowest BCUT2D eigenvalue weighted by Crippen LogP contribution is -2.51. The van der Waals surface area contributed by atoms with E-state index < -0.39 is 0 Å². The van der Waals surface area contributed by atoms with Crippen molar-refractivity contribution in [1.82, 2.24) is 4.90 Å². The molecule has 98 valence electrons. The van der Waals surface area contributed by atoms with Crippen LogP contribution in [-0.4, -0.2) is 43.2 Å². The molecule has 17 heavy (non-hydrogen) atoms. The number of hydrogen-bond donors (Lipinski definition) is 1. The normalized spacial score (nSPS) is 34.7. The summed E-state index contributed by atoms with van der Waals surface area (Å²) in [5.74, 6) is 0.872. The summed E-state index contributed by atoms with van der Waals surface area (Å²) in [6.45, 7) is 4.81. The number of ether oxygens (including phenoxy) is 1. The van der Waals surface area contributed by atoms with E-state index in [2.05, 4.69) is 6.92 Å². The van der Waals surface area contributed by atoms with Gasteiger partial charge in [0.15, 0.2) is 0 Å². The average molecular weight is 240 g/mol. The summed E-state index contributed by atoms with van der Waals surface area (Å²) in [4.78, 5) is 14.5. The van der Waals surface area contributed by atoms with Crippen LogP contribution in [-0.2, 0) is 9.53 Å². The maximum atomic E-state index is 12.5. The first-order chi connectivity index (χ1) is 8.24. The Morgan fingerprint density at radius 3 is 2.88 bits per heavy atom. The Morgan fingerprint density at radius 2 is 2.18 bits per heavy atom. The lowest BCUT2D eigenvalue weighted by Gasteiger charge is -2.39. The van der Waals surface area contributed by atoms with Crippen LogP contribution in [0.5, 0.6) is 0 Å². The summed E-state index contributed by atoms with van der Waals surface area (Å²) in [5, 5.41) is 0. The Labute approximate surface area is 103 Å². The minimum atomic E-state index is 0.161. The Morgan fingerprint density at radius 1 is 1.41 bits per heavy atom. The Balaban J connectivity index is 2.01. The van der Waals surface area contributed by atoms with E-state index in [1.807, 2.05) is 4.90 Å². The van der Waals surface area contributed by atoms with Crippen LogP contribution in [0, 0.1) is 11.8 Å². The molecule has 1 saturated carbocycles. The van der Waals surface area contributed by atoms with Crippen molar-refractivity contribution in [2.24, 2.45) is 17.6 Å². The summed E-state index contributed by atoms with van der Waals surface area (Å²) in [6.07, 6.45) is 4.53. The number of amides is 1. The van der Waals surface area contributed by atoms with Gasteiger partial charge < -0.3 is 15.4 Å². The number of carbonyl (C=O) groups excluding carboxylic acids is 1. The van der Waals surface area contributed by atoms with Crippen LogP contribution in [0.2, 0.25) is 0 Å². The Bertz CT molecular complexity index is 270. The summed E-state index contributed by atoms with van der Waals surface area (Å²) >= 11 is 0. The molecule has 0 radical (unpaired) electrons. The minimum absolute atomic E-state index is 0.161. The molecule has 2 N–H and O–H groups in total. The van der Waals surface area contributed by atoms with Gasteiger partial charge in [0, 0.05) is 12.5 Å². The van der Waals surface area contributed by atoms with Crippen molar-refractivity contribution in [3.8, 4) is 0 Å². The van der Waals surface area contributed by atoms with Gasteiger partial charge in [-0.2, -0.15) is 0 Å². The molecule has 1 amide bonds. The fraction of sp³-hybridized carbons (Fsp3) is 0.923. The van der Waals surface area contributed by atoms with E-state index in [9.17, 15) is 4.79 Å². The van der Waals surface area contributed by atoms with Crippen LogP contribution in [0.25, 0.3) is 0 Å². The third-order valence-corrected chi connectivity index (χ3v) is 4.18. The van der Waals surface area contributed by atoms with Gasteiger partial charge in [0.1, 0.15) is 0 Å². The van der Waals surface area contributed by atoms with Gasteiger partial charge in [0.2, 0.25) is 5.91 Å². The van der Waals surface area contributed by atoms with Crippen molar-refractivity contribution in [3.05, 3.63) is 0 Å². The first-order valence-corrected chi connectivity index (χ1v) is 6.82. The van der Waals surface area contributed by atoms with Crippen molar-refractivity contribution < 1.29 is 9.53 Å². The third-order valence-electron chi connectivity index (χ3n) is 4.18. The maximum Gasteiger partial charge on any atom is 0.226 e. The predicted octanol–water partition coefficient (Wildman–Crippen LogP) is 0.999. The van der Waals surface area contributed by atoms with E-state index >= 15 is 0 Å². The molecular weight excluding hydrogens is 216 g/mol. The Hall–Kier alpha value is -0.610. The SMILES string of the molecule is C[C@@H]1COCCN1C(=O)C1CCCCC1CN. The standard InChI is InChI=1S/C13H24N2O2/c1-10-9-17-7-6-15(10)13(16)12-5-3-2-4-11(12)8-14/h10-12H,2-9,14H2,1H3/t10-,11?,12?/m1/s1. The van der Waals surface area contributed by atoms with Crippen molar-refractivity contribution >= 4 is 5.91 Å². The van der Waals surface area contributed by atoms with Crippen molar-refractivity contribution in [3.63, 3.8) is 0 Å². The van der Waals surface area contributed by atoms with Crippen molar-refractivity contribution in [2.75, 3.05) is 26.3 Å². The molecule has 4 nitrogen and oxygen atoms in total. The van der Waals surface area contributed by atoms with Gasteiger partial charge in [-0.15, -0.1) is 0 Å². The molecule has 2 rings (SSSR count). The van der Waals surface area contributed by atoms with E-state index in [1.54, 1.807) is 0 Å². The van der Waals surface area contributed by atoms with Crippen LogP contribution in [0.4, 0.5) is 0 Å². The van der Waals surface area contributed by atoms with Gasteiger partial charge >= 0.3 is 0 Å². The van der Waals surface area contributed by atoms with Crippen LogP contribution in [0.15, 0.2) is 0 Å². The minimum Gasteiger partial charge on any atom is -0.377 e. The predicted molar refractivity (Wildman–Crippen MR) is 66.5 cm³/mol. The van der Waals surface area contributed by atoms with Crippen molar-refractivity contribution in [1.29, 1.82) is 0 Å². The highest BCUT2D eigenvalue weighted by Gasteiger charge is 2.35. The molecule has 0 aromatic rings. The smallest absolute Gasteiger partial charge is 0.226 e. The molecule has 2 unspecified atom stereocenters. The second-order valence-corrected chi connectivity index (χ2v) is 5.34. The largest absolute Gasteiger partial charge is 0.377 e.